The Hall–Kier alpha value is -1.88. The van der Waals surface area contributed by atoms with Crippen molar-refractivity contribution in [2.75, 3.05) is 5.32 Å². The van der Waals surface area contributed by atoms with Gasteiger partial charge in [-0.3, -0.25) is 9.89 Å². The molecule has 0 aliphatic rings. The molecule has 17 heavy (non-hydrogen) atoms. The van der Waals surface area contributed by atoms with Gasteiger partial charge in [0.2, 0.25) is 5.82 Å². The number of nitrogens with zero attached hydrogens (tertiary/aromatic N) is 2. The van der Waals surface area contributed by atoms with E-state index >= 15 is 0 Å². The van der Waals surface area contributed by atoms with Gasteiger partial charge in [0.1, 0.15) is 5.82 Å². The number of hydrogen-bond acceptors (Lipinski definition) is 3. The van der Waals surface area contributed by atoms with Crippen molar-refractivity contribution in [3.05, 3.63) is 40.4 Å². The number of benzene rings is 1. The summed E-state index contributed by atoms with van der Waals surface area (Å²) in [6, 6.07) is 5.39. The molecule has 88 valence electrons. The highest BCUT2D eigenvalue weighted by Gasteiger charge is 2.12. The van der Waals surface area contributed by atoms with E-state index < -0.39 is 0 Å². The lowest BCUT2D eigenvalue weighted by atomic mass is 10.2. The standard InChI is InChI=1S/C11H11ClN4O/c1-6-3-4-9(8(12)5-6)14-11(17)10-13-7(2)15-16-10/h3-5H,1-2H3,(H,14,17)(H,13,15,16). The van der Waals surface area contributed by atoms with E-state index in [2.05, 4.69) is 20.5 Å². The third-order valence-corrected chi connectivity index (χ3v) is 2.49. The van der Waals surface area contributed by atoms with Crippen molar-refractivity contribution >= 4 is 23.2 Å². The van der Waals surface area contributed by atoms with E-state index in [1.165, 1.54) is 0 Å². The van der Waals surface area contributed by atoms with E-state index in [-0.39, 0.29) is 11.7 Å². The number of amides is 1. The van der Waals surface area contributed by atoms with Crippen LogP contribution in [-0.4, -0.2) is 21.1 Å². The molecule has 1 heterocycles. The molecule has 2 N–H and O–H groups in total. The second kappa shape index (κ2) is 4.55. The summed E-state index contributed by atoms with van der Waals surface area (Å²) in [7, 11) is 0. The molecule has 1 aromatic carbocycles. The molecule has 1 amide bonds. The Balaban J connectivity index is 2.18. The molecular weight excluding hydrogens is 240 g/mol. The molecule has 0 aliphatic heterocycles. The van der Waals surface area contributed by atoms with Gasteiger partial charge >= 0.3 is 0 Å². The van der Waals surface area contributed by atoms with Gasteiger partial charge < -0.3 is 5.32 Å². The average Bonchev–Trinajstić information content (AvgIpc) is 2.69. The van der Waals surface area contributed by atoms with E-state index in [1.807, 2.05) is 13.0 Å². The molecule has 2 aromatic rings. The van der Waals surface area contributed by atoms with Gasteiger partial charge in [-0.25, -0.2) is 4.98 Å². The summed E-state index contributed by atoms with van der Waals surface area (Å²) >= 11 is 6.00. The molecular formula is C11H11ClN4O. The number of rotatable bonds is 2. The minimum atomic E-state index is -0.389. The van der Waals surface area contributed by atoms with Crippen LogP contribution in [0.1, 0.15) is 22.0 Å². The Bertz CT molecular complexity index is 564. The van der Waals surface area contributed by atoms with Gasteiger partial charge in [0.25, 0.3) is 5.91 Å². The molecule has 1 aromatic heterocycles. The largest absolute Gasteiger partial charge is 0.318 e. The van der Waals surface area contributed by atoms with Crippen molar-refractivity contribution in [3.8, 4) is 0 Å². The maximum atomic E-state index is 11.7. The van der Waals surface area contributed by atoms with Crippen molar-refractivity contribution in [1.82, 2.24) is 15.2 Å². The van der Waals surface area contributed by atoms with Crippen LogP contribution in [0.3, 0.4) is 0 Å². The van der Waals surface area contributed by atoms with Crippen molar-refractivity contribution in [2.24, 2.45) is 0 Å². The van der Waals surface area contributed by atoms with Crippen LogP contribution in [0, 0.1) is 13.8 Å². The molecule has 0 saturated heterocycles. The van der Waals surface area contributed by atoms with Crippen LogP contribution in [-0.2, 0) is 0 Å². The number of H-pyrrole nitrogens is 1. The van der Waals surface area contributed by atoms with Crippen LogP contribution < -0.4 is 5.32 Å². The Morgan fingerprint density at radius 2 is 2.18 bits per heavy atom. The number of aromatic amines is 1. The normalized spacial score (nSPS) is 10.3. The van der Waals surface area contributed by atoms with Gasteiger partial charge in [-0.1, -0.05) is 17.7 Å². The lowest BCUT2D eigenvalue weighted by Crippen LogP contribution is -2.14. The first-order valence-electron chi connectivity index (χ1n) is 5.03. The zero-order valence-corrected chi connectivity index (χ0v) is 10.2. The predicted octanol–water partition coefficient (Wildman–Crippen LogP) is 2.33. The zero-order valence-electron chi connectivity index (χ0n) is 9.41. The minimum Gasteiger partial charge on any atom is -0.318 e. The monoisotopic (exact) mass is 250 g/mol. The third-order valence-electron chi connectivity index (χ3n) is 2.17. The molecule has 6 heteroatoms. The number of carbonyl (C=O) groups is 1. The quantitative estimate of drug-likeness (QED) is 0.859. The predicted molar refractivity (Wildman–Crippen MR) is 65.3 cm³/mol. The molecule has 0 saturated carbocycles. The lowest BCUT2D eigenvalue weighted by Gasteiger charge is -2.05. The van der Waals surface area contributed by atoms with Gasteiger partial charge in [0.15, 0.2) is 0 Å². The molecule has 0 aliphatic carbocycles. The topological polar surface area (TPSA) is 70.7 Å². The second-order valence-corrected chi connectivity index (χ2v) is 4.09. The van der Waals surface area contributed by atoms with E-state index in [0.29, 0.717) is 16.5 Å². The molecule has 5 nitrogen and oxygen atoms in total. The van der Waals surface area contributed by atoms with Crippen LogP contribution >= 0.6 is 11.6 Å². The molecule has 2 rings (SSSR count). The Morgan fingerprint density at radius 3 is 2.76 bits per heavy atom. The first-order chi connectivity index (χ1) is 8.06. The van der Waals surface area contributed by atoms with Crippen molar-refractivity contribution in [1.29, 1.82) is 0 Å². The molecule has 0 bridgehead atoms. The average molecular weight is 251 g/mol. The van der Waals surface area contributed by atoms with Crippen molar-refractivity contribution < 1.29 is 4.79 Å². The fourth-order valence-electron chi connectivity index (χ4n) is 1.34. The van der Waals surface area contributed by atoms with Crippen LogP contribution in [0.5, 0.6) is 0 Å². The Labute approximate surface area is 103 Å². The van der Waals surface area contributed by atoms with E-state index in [9.17, 15) is 4.79 Å². The van der Waals surface area contributed by atoms with Crippen LogP contribution in [0.4, 0.5) is 5.69 Å². The van der Waals surface area contributed by atoms with E-state index in [0.717, 1.165) is 5.56 Å². The highest BCUT2D eigenvalue weighted by molar-refractivity contribution is 6.33. The molecule has 0 spiro atoms. The van der Waals surface area contributed by atoms with Crippen LogP contribution in [0.2, 0.25) is 5.02 Å². The van der Waals surface area contributed by atoms with Gasteiger partial charge in [0.05, 0.1) is 10.7 Å². The summed E-state index contributed by atoms with van der Waals surface area (Å²) in [6.07, 6.45) is 0. The summed E-state index contributed by atoms with van der Waals surface area (Å²) in [5.74, 6) is 0.296. The van der Waals surface area contributed by atoms with Gasteiger partial charge in [-0.2, -0.15) is 0 Å². The maximum absolute atomic E-state index is 11.7. The first kappa shape index (κ1) is 11.6. The van der Waals surface area contributed by atoms with Crippen LogP contribution in [0.25, 0.3) is 0 Å². The van der Waals surface area contributed by atoms with Crippen molar-refractivity contribution in [2.45, 2.75) is 13.8 Å². The van der Waals surface area contributed by atoms with Crippen molar-refractivity contribution in [3.63, 3.8) is 0 Å². The number of carbonyl (C=O) groups excluding carboxylic acids is 1. The lowest BCUT2D eigenvalue weighted by molar-refractivity contribution is 0.101. The van der Waals surface area contributed by atoms with Gasteiger partial charge in [0, 0.05) is 0 Å². The highest BCUT2D eigenvalue weighted by atomic mass is 35.5. The number of nitrogens with one attached hydrogen (secondary N) is 2. The molecule has 0 radical (unpaired) electrons. The minimum absolute atomic E-state index is 0.0964. The maximum Gasteiger partial charge on any atom is 0.295 e. The number of aryl methyl sites for hydroxylation is 2. The summed E-state index contributed by atoms with van der Waals surface area (Å²) in [4.78, 5) is 15.7. The third kappa shape index (κ3) is 2.62. The first-order valence-corrected chi connectivity index (χ1v) is 5.40. The Morgan fingerprint density at radius 1 is 1.41 bits per heavy atom. The van der Waals surface area contributed by atoms with Gasteiger partial charge in [-0.05, 0) is 31.5 Å². The summed E-state index contributed by atoms with van der Waals surface area (Å²) < 4.78 is 0. The fourth-order valence-corrected chi connectivity index (χ4v) is 1.63. The molecule has 0 unspecified atom stereocenters. The molecule has 0 atom stereocenters. The number of aromatic nitrogens is 3. The summed E-state index contributed by atoms with van der Waals surface area (Å²) in [5.41, 5.74) is 1.58. The number of halogens is 1. The SMILES string of the molecule is Cc1ccc(NC(=O)c2n[nH]c(C)n2)c(Cl)c1. The fraction of sp³-hybridized carbons (Fsp3) is 0.182. The van der Waals surface area contributed by atoms with Crippen LogP contribution in [0.15, 0.2) is 18.2 Å². The summed E-state index contributed by atoms with van der Waals surface area (Å²) in [5, 5.41) is 9.51. The second-order valence-electron chi connectivity index (χ2n) is 3.68. The smallest absolute Gasteiger partial charge is 0.295 e. The summed E-state index contributed by atoms with van der Waals surface area (Å²) in [6.45, 7) is 3.65. The number of anilines is 1. The zero-order chi connectivity index (χ0) is 12.4. The van der Waals surface area contributed by atoms with E-state index in [4.69, 9.17) is 11.6 Å². The number of hydrogen-bond donors (Lipinski definition) is 2. The highest BCUT2D eigenvalue weighted by Crippen LogP contribution is 2.22. The van der Waals surface area contributed by atoms with E-state index in [1.54, 1.807) is 19.1 Å². The Kier molecular flexibility index (Phi) is 3.10. The molecule has 0 fully saturated rings. The van der Waals surface area contributed by atoms with Gasteiger partial charge in [-0.15, -0.1) is 5.10 Å².